The number of hydrogen-bond donors (Lipinski definition) is 1. The van der Waals surface area contributed by atoms with E-state index in [2.05, 4.69) is 10.3 Å². The molecule has 0 amide bonds. The number of hydrogen-bond acceptors (Lipinski definition) is 7. The molecule has 0 bridgehead atoms. The minimum atomic E-state index is -5.17. The van der Waals surface area contributed by atoms with Crippen molar-refractivity contribution in [3.8, 4) is 5.69 Å². The number of rotatable bonds is 3. The van der Waals surface area contributed by atoms with E-state index >= 15 is 0 Å². The standard InChI is InChI=1S/C20H21F3N6O4/c1-11-6-4-5-7-12(11)29-14-15(26(2)19(32)27(3)16(14)30)25-18(29)28-9-8-24-10-13(28)33-17(31)20(21,22)23/h4-7,13,24H,8-10H2,1-3H3. The first kappa shape index (κ1) is 22.6. The zero-order valence-electron chi connectivity index (χ0n) is 18.0. The second kappa shape index (κ2) is 8.06. The largest absolute Gasteiger partial charge is 0.491 e. The van der Waals surface area contributed by atoms with Crippen molar-refractivity contribution >= 4 is 23.1 Å². The summed E-state index contributed by atoms with van der Waals surface area (Å²) in [4.78, 5) is 43.0. The zero-order chi connectivity index (χ0) is 24.1. The molecule has 10 nitrogen and oxygen atoms in total. The van der Waals surface area contributed by atoms with E-state index in [4.69, 9.17) is 4.74 Å². The lowest BCUT2D eigenvalue weighted by atomic mass is 10.2. The number of nitrogens with zero attached hydrogens (tertiary/aromatic N) is 5. The van der Waals surface area contributed by atoms with E-state index in [1.54, 1.807) is 31.2 Å². The van der Waals surface area contributed by atoms with Gasteiger partial charge in [-0.3, -0.25) is 18.5 Å². The highest BCUT2D eigenvalue weighted by atomic mass is 19.4. The maximum atomic E-state index is 13.1. The van der Waals surface area contributed by atoms with Crippen LogP contribution in [0.25, 0.3) is 16.9 Å². The van der Waals surface area contributed by atoms with E-state index in [1.165, 1.54) is 28.1 Å². The molecule has 2 aromatic heterocycles. The van der Waals surface area contributed by atoms with Crippen molar-refractivity contribution in [1.29, 1.82) is 0 Å². The minimum Gasteiger partial charge on any atom is -0.433 e. The number of benzene rings is 1. The van der Waals surface area contributed by atoms with E-state index in [0.717, 1.165) is 10.1 Å². The molecule has 0 spiro atoms. The second-order valence-corrected chi connectivity index (χ2v) is 7.67. The van der Waals surface area contributed by atoms with Crippen LogP contribution in [0.15, 0.2) is 33.9 Å². The van der Waals surface area contributed by atoms with Crippen molar-refractivity contribution in [1.82, 2.24) is 24.0 Å². The van der Waals surface area contributed by atoms with Gasteiger partial charge in [-0.15, -0.1) is 0 Å². The highest BCUT2D eigenvalue weighted by molar-refractivity contribution is 5.79. The molecule has 1 aromatic carbocycles. The van der Waals surface area contributed by atoms with E-state index in [-0.39, 0.29) is 30.2 Å². The van der Waals surface area contributed by atoms with Gasteiger partial charge in [-0.1, -0.05) is 18.2 Å². The molecule has 176 valence electrons. The van der Waals surface area contributed by atoms with Crippen molar-refractivity contribution in [2.24, 2.45) is 14.1 Å². The van der Waals surface area contributed by atoms with Gasteiger partial charge in [0.05, 0.1) is 12.2 Å². The number of aryl methyl sites for hydroxylation is 2. The summed E-state index contributed by atoms with van der Waals surface area (Å²) in [6.07, 6.45) is -6.51. The van der Waals surface area contributed by atoms with Gasteiger partial charge in [0.2, 0.25) is 5.95 Å². The van der Waals surface area contributed by atoms with Crippen LogP contribution in [0.2, 0.25) is 0 Å². The monoisotopic (exact) mass is 466 g/mol. The molecule has 0 radical (unpaired) electrons. The molecule has 1 unspecified atom stereocenters. The number of halogens is 3. The molecule has 1 aliphatic heterocycles. The summed E-state index contributed by atoms with van der Waals surface area (Å²) >= 11 is 0. The van der Waals surface area contributed by atoms with E-state index in [1.807, 2.05) is 0 Å². The van der Waals surface area contributed by atoms with Crippen LogP contribution in [-0.4, -0.2) is 56.7 Å². The Morgan fingerprint density at radius 2 is 1.88 bits per heavy atom. The van der Waals surface area contributed by atoms with E-state index in [0.29, 0.717) is 12.2 Å². The maximum Gasteiger partial charge on any atom is 0.491 e. The molecule has 0 saturated carbocycles. The lowest BCUT2D eigenvalue weighted by molar-refractivity contribution is -0.205. The Hall–Kier alpha value is -3.61. The number of fused-ring (bicyclic) bond motifs is 1. The van der Waals surface area contributed by atoms with Crippen LogP contribution in [-0.2, 0) is 23.6 Å². The van der Waals surface area contributed by atoms with Crippen molar-refractivity contribution in [3.05, 3.63) is 50.7 Å². The number of esters is 1. The lowest BCUT2D eigenvalue weighted by Crippen LogP contribution is -2.55. The second-order valence-electron chi connectivity index (χ2n) is 7.67. The Balaban J connectivity index is 2.00. The zero-order valence-corrected chi connectivity index (χ0v) is 18.0. The first-order chi connectivity index (χ1) is 15.5. The number of imidazole rings is 1. The van der Waals surface area contributed by atoms with Gasteiger partial charge in [-0.05, 0) is 18.6 Å². The lowest BCUT2D eigenvalue weighted by Gasteiger charge is -2.36. The molecule has 13 heteroatoms. The van der Waals surface area contributed by atoms with Gasteiger partial charge in [-0.25, -0.2) is 9.59 Å². The van der Waals surface area contributed by atoms with Crippen LogP contribution in [0.5, 0.6) is 0 Å². The SMILES string of the molecule is Cc1ccccc1-n1c(N2CCNCC2OC(=O)C(F)(F)F)nc2c1c(=O)n(C)c(=O)n2C. The first-order valence-electron chi connectivity index (χ1n) is 10.0. The first-order valence-corrected chi connectivity index (χ1v) is 10.0. The summed E-state index contributed by atoms with van der Waals surface area (Å²) in [6, 6.07) is 7.06. The number of aromatic nitrogens is 4. The summed E-state index contributed by atoms with van der Waals surface area (Å²) in [6.45, 7) is 2.22. The predicted octanol–water partition coefficient (Wildman–Crippen LogP) is 0.573. The predicted molar refractivity (Wildman–Crippen MR) is 112 cm³/mol. The fourth-order valence-electron chi connectivity index (χ4n) is 3.82. The molecular formula is C20H21F3N6O4. The molecule has 4 rings (SSSR count). The average molecular weight is 466 g/mol. The molecule has 3 heterocycles. The normalized spacial score (nSPS) is 16.9. The molecular weight excluding hydrogens is 445 g/mol. The summed E-state index contributed by atoms with van der Waals surface area (Å²) in [5, 5.41) is 2.89. The number of carbonyl (C=O) groups is 1. The minimum absolute atomic E-state index is 0.0563. The van der Waals surface area contributed by atoms with Crippen LogP contribution >= 0.6 is 0 Å². The number of anilines is 1. The van der Waals surface area contributed by atoms with Crippen molar-refractivity contribution in [2.45, 2.75) is 19.3 Å². The van der Waals surface area contributed by atoms with Gasteiger partial charge in [0.1, 0.15) is 0 Å². The van der Waals surface area contributed by atoms with Gasteiger partial charge in [-0.2, -0.15) is 18.2 Å². The van der Waals surface area contributed by atoms with E-state index in [9.17, 15) is 27.6 Å². The molecule has 1 fully saturated rings. The maximum absolute atomic E-state index is 13.1. The smallest absolute Gasteiger partial charge is 0.433 e. The molecule has 1 atom stereocenters. The van der Waals surface area contributed by atoms with Crippen molar-refractivity contribution < 1.29 is 22.7 Å². The van der Waals surface area contributed by atoms with Crippen LogP contribution in [0.4, 0.5) is 19.1 Å². The third-order valence-corrected chi connectivity index (χ3v) is 5.52. The summed E-state index contributed by atoms with van der Waals surface area (Å²) in [7, 11) is 2.78. The third kappa shape index (κ3) is 3.77. The number of carbonyl (C=O) groups excluding carboxylic acids is 1. The Bertz CT molecular complexity index is 1360. The molecule has 3 aromatic rings. The van der Waals surface area contributed by atoms with Crippen LogP contribution < -0.4 is 21.5 Å². The number of nitrogens with one attached hydrogen (secondary N) is 1. The van der Waals surface area contributed by atoms with Gasteiger partial charge < -0.3 is 15.0 Å². The molecule has 1 aliphatic rings. The Morgan fingerprint density at radius 3 is 2.55 bits per heavy atom. The number of para-hydroxylation sites is 1. The molecule has 0 aliphatic carbocycles. The number of alkyl halides is 3. The summed E-state index contributed by atoms with van der Waals surface area (Å²) in [5.41, 5.74) is 0.213. The van der Waals surface area contributed by atoms with Crippen LogP contribution in [0, 0.1) is 6.92 Å². The van der Waals surface area contributed by atoms with Crippen molar-refractivity contribution in [2.75, 3.05) is 24.5 Å². The average Bonchev–Trinajstić information content (AvgIpc) is 3.16. The number of ether oxygens (including phenoxy) is 1. The van der Waals surface area contributed by atoms with Gasteiger partial charge in [0, 0.05) is 27.2 Å². The molecule has 33 heavy (non-hydrogen) atoms. The fourth-order valence-corrected chi connectivity index (χ4v) is 3.82. The molecule has 1 saturated heterocycles. The van der Waals surface area contributed by atoms with Crippen LogP contribution in [0.1, 0.15) is 5.56 Å². The fraction of sp³-hybridized carbons (Fsp3) is 0.400. The van der Waals surface area contributed by atoms with E-state index < -0.39 is 29.6 Å². The Kier molecular flexibility index (Phi) is 5.52. The van der Waals surface area contributed by atoms with Gasteiger partial charge >= 0.3 is 17.8 Å². The highest BCUT2D eigenvalue weighted by Gasteiger charge is 2.44. The van der Waals surface area contributed by atoms with Crippen LogP contribution in [0.3, 0.4) is 0 Å². The van der Waals surface area contributed by atoms with Crippen molar-refractivity contribution in [3.63, 3.8) is 0 Å². The van der Waals surface area contributed by atoms with Gasteiger partial charge in [0.15, 0.2) is 17.4 Å². The topological polar surface area (TPSA) is 103 Å². The quantitative estimate of drug-likeness (QED) is 0.563. The third-order valence-electron chi connectivity index (χ3n) is 5.52. The number of piperazine rings is 1. The van der Waals surface area contributed by atoms with Gasteiger partial charge in [0.25, 0.3) is 5.56 Å². The Labute approximate surface area is 184 Å². The highest BCUT2D eigenvalue weighted by Crippen LogP contribution is 2.29. The molecule has 1 N–H and O–H groups in total. The summed E-state index contributed by atoms with van der Waals surface area (Å²) < 4.78 is 47.0. The summed E-state index contributed by atoms with van der Waals surface area (Å²) in [5.74, 6) is -2.25. The Morgan fingerprint density at radius 1 is 1.18 bits per heavy atom.